The van der Waals surface area contributed by atoms with Crippen LogP contribution in [0.5, 0.6) is 5.88 Å². The molecule has 1 aliphatic heterocycles. The first-order valence-corrected chi connectivity index (χ1v) is 13.8. The van der Waals surface area contributed by atoms with E-state index in [9.17, 15) is 9.59 Å². The Hall–Kier alpha value is -5.09. The van der Waals surface area contributed by atoms with Crippen LogP contribution in [0.2, 0.25) is 0 Å². The number of H-pyrrole nitrogens is 2. The van der Waals surface area contributed by atoms with Gasteiger partial charge in [0.1, 0.15) is 5.69 Å². The van der Waals surface area contributed by atoms with Crippen LogP contribution in [-0.4, -0.2) is 63.3 Å². The molecule has 2 aromatic carbocycles. The lowest BCUT2D eigenvalue weighted by Crippen LogP contribution is -2.46. The Labute approximate surface area is 242 Å². The molecule has 0 aliphatic carbocycles. The number of methoxy groups -OCH3 is 1. The highest BCUT2D eigenvalue weighted by Crippen LogP contribution is 2.32. The second-order valence-electron chi connectivity index (χ2n) is 10.2. The standard InChI is InChI=1S/C32H31N7O3/c1-21-24(22-7-4-3-5-8-22)9-6-10-25(21)27-12-11-23(31(34-27)42-2)20-38-15-17-39(18-16-38)29-14-13-28(36-37-29)26-19-33-32(41)35-30(26)40/h3-14,19H,15-18,20H2,1-2H3,(H2,33,35,40,41). The summed E-state index contributed by atoms with van der Waals surface area (Å²) in [6.07, 6.45) is 1.35. The van der Waals surface area contributed by atoms with Crippen LogP contribution in [0.3, 0.4) is 0 Å². The smallest absolute Gasteiger partial charge is 0.325 e. The topological polar surface area (TPSA) is 120 Å². The van der Waals surface area contributed by atoms with Crippen molar-refractivity contribution in [2.75, 3.05) is 38.2 Å². The van der Waals surface area contributed by atoms with Crippen LogP contribution in [0.1, 0.15) is 11.1 Å². The molecule has 0 amide bonds. The average Bonchev–Trinajstić information content (AvgIpc) is 3.02. The summed E-state index contributed by atoms with van der Waals surface area (Å²) in [5.74, 6) is 1.38. The second-order valence-corrected chi connectivity index (χ2v) is 10.2. The lowest BCUT2D eigenvalue weighted by molar-refractivity contribution is 0.244. The molecule has 0 bridgehead atoms. The van der Waals surface area contributed by atoms with Crippen LogP contribution < -0.4 is 20.9 Å². The summed E-state index contributed by atoms with van der Waals surface area (Å²) in [6.45, 7) is 6.12. The van der Waals surface area contributed by atoms with E-state index in [-0.39, 0.29) is 5.56 Å². The number of anilines is 1. The molecule has 10 heteroatoms. The van der Waals surface area contributed by atoms with Crippen LogP contribution >= 0.6 is 0 Å². The molecule has 212 valence electrons. The van der Waals surface area contributed by atoms with Gasteiger partial charge in [0, 0.05) is 50.0 Å². The van der Waals surface area contributed by atoms with Crippen molar-refractivity contribution in [3.05, 3.63) is 111 Å². The number of hydrogen-bond acceptors (Lipinski definition) is 8. The third-order valence-corrected chi connectivity index (χ3v) is 7.66. The summed E-state index contributed by atoms with van der Waals surface area (Å²) in [5.41, 5.74) is 6.21. The predicted molar refractivity (Wildman–Crippen MR) is 163 cm³/mol. The largest absolute Gasteiger partial charge is 0.481 e. The minimum Gasteiger partial charge on any atom is -0.481 e. The van der Waals surface area contributed by atoms with E-state index in [1.165, 1.54) is 22.9 Å². The zero-order valence-electron chi connectivity index (χ0n) is 23.5. The van der Waals surface area contributed by atoms with E-state index in [2.05, 4.69) is 91.5 Å². The molecular formula is C32H31N7O3. The third-order valence-electron chi connectivity index (χ3n) is 7.66. The summed E-state index contributed by atoms with van der Waals surface area (Å²) >= 11 is 0. The van der Waals surface area contributed by atoms with E-state index in [1.807, 2.05) is 12.1 Å². The average molecular weight is 562 g/mol. The number of piperazine rings is 1. The molecule has 0 radical (unpaired) electrons. The summed E-state index contributed by atoms with van der Waals surface area (Å²) in [5, 5.41) is 8.55. The SMILES string of the molecule is COc1nc(-c2cccc(-c3ccccc3)c2C)ccc1CN1CCN(c2ccc(-c3c[nH]c(=O)[nH]c3=O)nn2)CC1. The van der Waals surface area contributed by atoms with Crippen molar-refractivity contribution in [1.82, 2.24) is 30.0 Å². The maximum atomic E-state index is 12.1. The number of rotatable bonds is 7. The molecule has 1 fully saturated rings. The summed E-state index contributed by atoms with van der Waals surface area (Å²) < 4.78 is 5.75. The van der Waals surface area contributed by atoms with E-state index < -0.39 is 11.2 Å². The third kappa shape index (κ3) is 5.57. The van der Waals surface area contributed by atoms with Gasteiger partial charge in [-0.05, 0) is 41.8 Å². The maximum Gasteiger partial charge on any atom is 0.325 e. The fourth-order valence-corrected chi connectivity index (χ4v) is 5.37. The van der Waals surface area contributed by atoms with Crippen LogP contribution in [0.15, 0.2) is 88.6 Å². The first-order valence-electron chi connectivity index (χ1n) is 13.8. The summed E-state index contributed by atoms with van der Waals surface area (Å²) in [4.78, 5) is 37.5. The lowest BCUT2D eigenvalue weighted by Gasteiger charge is -2.35. The van der Waals surface area contributed by atoms with Crippen molar-refractivity contribution in [1.29, 1.82) is 0 Å². The number of ether oxygens (including phenoxy) is 1. The van der Waals surface area contributed by atoms with Gasteiger partial charge in [-0.3, -0.25) is 14.7 Å². The molecule has 4 heterocycles. The molecule has 0 unspecified atom stereocenters. The Morgan fingerprint density at radius 1 is 0.810 bits per heavy atom. The molecule has 6 rings (SSSR count). The van der Waals surface area contributed by atoms with E-state index in [0.717, 1.165) is 55.4 Å². The van der Waals surface area contributed by atoms with Crippen LogP contribution in [0.4, 0.5) is 5.82 Å². The molecule has 2 N–H and O–H groups in total. The zero-order chi connectivity index (χ0) is 29.1. The minimum absolute atomic E-state index is 0.270. The highest BCUT2D eigenvalue weighted by Gasteiger charge is 2.21. The summed E-state index contributed by atoms with van der Waals surface area (Å²) in [7, 11) is 1.67. The first-order chi connectivity index (χ1) is 20.5. The Kier molecular flexibility index (Phi) is 7.61. The van der Waals surface area contributed by atoms with Gasteiger partial charge in [-0.25, -0.2) is 9.78 Å². The Morgan fingerprint density at radius 2 is 1.57 bits per heavy atom. The second kappa shape index (κ2) is 11.8. The van der Waals surface area contributed by atoms with E-state index in [1.54, 1.807) is 13.2 Å². The van der Waals surface area contributed by atoms with Gasteiger partial charge in [0.2, 0.25) is 5.88 Å². The number of hydrogen-bond donors (Lipinski definition) is 2. The molecule has 0 atom stereocenters. The highest BCUT2D eigenvalue weighted by atomic mass is 16.5. The van der Waals surface area contributed by atoms with Gasteiger partial charge in [-0.15, -0.1) is 10.2 Å². The molecule has 0 spiro atoms. The fraction of sp³-hybridized carbons (Fsp3) is 0.219. The van der Waals surface area contributed by atoms with Crippen molar-refractivity contribution in [2.24, 2.45) is 0 Å². The number of benzene rings is 2. The summed E-state index contributed by atoms with van der Waals surface area (Å²) in [6, 6.07) is 24.5. The number of aromatic nitrogens is 5. The molecule has 1 aliphatic rings. The van der Waals surface area contributed by atoms with E-state index in [4.69, 9.17) is 9.72 Å². The fourth-order valence-electron chi connectivity index (χ4n) is 5.37. The van der Waals surface area contributed by atoms with Gasteiger partial charge in [0.25, 0.3) is 5.56 Å². The quantitative estimate of drug-likeness (QED) is 0.307. The molecule has 0 saturated carbocycles. The molecule has 3 aromatic heterocycles. The highest BCUT2D eigenvalue weighted by molar-refractivity contribution is 5.77. The number of aromatic amines is 2. The maximum absolute atomic E-state index is 12.1. The van der Waals surface area contributed by atoms with E-state index >= 15 is 0 Å². The first kappa shape index (κ1) is 27.1. The molecule has 42 heavy (non-hydrogen) atoms. The van der Waals surface area contributed by atoms with Crippen molar-refractivity contribution in [3.63, 3.8) is 0 Å². The van der Waals surface area contributed by atoms with Gasteiger partial charge < -0.3 is 14.6 Å². The molecule has 10 nitrogen and oxygen atoms in total. The van der Waals surface area contributed by atoms with Crippen LogP contribution in [-0.2, 0) is 6.54 Å². The van der Waals surface area contributed by atoms with E-state index in [0.29, 0.717) is 11.6 Å². The Morgan fingerprint density at radius 3 is 2.29 bits per heavy atom. The van der Waals surface area contributed by atoms with Crippen molar-refractivity contribution in [2.45, 2.75) is 13.5 Å². The van der Waals surface area contributed by atoms with Crippen molar-refractivity contribution in [3.8, 4) is 39.5 Å². The Balaban J connectivity index is 1.12. The zero-order valence-corrected chi connectivity index (χ0v) is 23.5. The number of nitrogens with one attached hydrogen (secondary N) is 2. The van der Waals surface area contributed by atoms with Gasteiger partial charge in [0.05, 0.1) is 18.4 Å². The minimum atomic E-state index is -0.556. The molecule has 1 saturated heterocycles. The normalized spacial score (nSPS) is 13.7. The Bertz CT molecular complexity index is 1810. The number of pyridine rings is 1. The predicted octanol–water partition coefficient (Wildman–Crippen LogP) is 3.89. The van der Waals surface area contributed by atoms with Gasteiger partial charge in [0.15, 0.2) is 5.82 Å². The van der Waals surface area contributed by atoms with Crippen LogP contribution in [0, 0.1) is 6.92 Å². The molecular weight excluding hydrogens is 530 g/mol. The number of nitrogens with zero attached hydrogens (tertiary/aromatic N) is 5. The van der Waals surface area contributed by atoms with Gasteiger partial charge in [-0.2, -0.15) is 0 Å². The van der Waals surface area contributed by atoms with Crippen molar-refractivity contribution < 1.29 is 4.74 Å². The van der Waals surface area contributed by atoms with Gasteiger partial charge in [-0.1, -0.05) is 54.6 Å². The van der Waals surface area contributed by atoms with Crippen molar-refractivity contribution >= 4 is 5.82 Å². The lowest BCUT2D eigenvalue weighted by atomic mass is 9.94. The monoisotopic (exact) mass is 561 g/mol. The molecule has 5 aromatic rings. The van der Waals surface area contributed by atoms with Gasteiger partial charge >= 0.3 is 5.69 Å². The van der Waals surface area contributed by atoms with Crippen LogP contribution in [0.25, 0.3) is 33.6 Å².